The van der Waals surface area contributed by atoms with Crippen LogP contribution in [0.3, 0.4) is 0 Å². The van der Waals surface area contributed by atoms with Crippen LogP contribution in [0.5, 0.6) is 0 Å². The van der Waals surface area contributed by atoms with Gasteiger partial charge in [-0.3, -0.25) is 9.59 Å². The Balaban J connectivity index is 1.49. The van der Waals surface area contributed by atoms with Gasteiger partial charge in [0.15, 0.2) is 0 Å². The Morgan fingerprint density at radius 1 is 1.00 bits per heavy atom. The highest BCUT2D eigenvalue weighted by atomic mass is 16.2. The molecule has 2 aromatic rings. The Bertz CT molecular complexity index is 821. The van der Waals surface area contributed by atoms with Crippen LogP contribution in [0.4, 0.5) is 11.4 Å². The van der Waals surface area contributed by atoms with E-state index in [1.54, 1.807) is 29.2 Å². The average molecular weight is 348 g/mol. The number of piperazine rings is 1. The summed E-state index contributed by atoms with van der Waals surface area (Å²) in [6.45, 7) is 2.71. The van der Waals surface area contributed by atoms with Gasteiger partial charge in [0.2, 0.25) is 11.8 Å². The third-order valence-corrected chi connectivity index (χ3v) is 4.34. The number of nitrogens with zero attached hydrogens (tertiary/aromatic N) is 3. The molecule has 1 heterocycles. The third kappa shape index (κ3) is 4.39. The second kappa shape index (κ2) is 8.17. The van der Waals surface area contributed by atoms with Crippen molar-refractivity contribution in [2.24, 2.45) is 0 Å². The molecule has 2 amide bonds. The predicted molar refractivity (Wildman–Crippen MR) is 99.6 cm³/mol. The normalized spacial score (nSPS) is 13.8. The van der Waals surface area contributed by atoms with Crippen LogP contribution in [0.1, 0.15) is 12.0 Å². The largest absolute Gasteiger partial charge is 0.368 e. The zero-order chi connectivity index (χ0) is 18.4. The van der Waals surface area contributed by atoms with Gasteiger partial charge in [0.1, 0.15) is 6.42 Å². The minimum absolute atomic E-state index is 0.174. The average Bonchev–Trinajstić information content (AvgIpc) is 2.69. The molecule has 1 aliphatic heterocycles. The van der Waals surface area contributed by atoms with Crippen molar-refractivity contribution >= 4 is 23.2 Å². The highest BCUT2D eigenvalue weighted by Gasteiger charge is 2.22. The summed E-state index contributed by atoms with van der Waals surface area (Å²) in [5.74, 6) is -0.540. The van der Waals surface area contributed by atoms with Crippen LogP contribution in [0.2, 0.25) is 0 Å². The van der Waals surface area contributed by atoms with Gasteiger partial charge in [-0.1, -0.05) is 24.3 Å². The fourth-order valence-electron chi connectivity index (χ4n) is 2.97. The van der Waals surface area contributed by atoms with E-state index in [-0.39, 0.29) is 18.2 Å². The zero-order valence-corrected chi connectivity index (χ0v) is 14.4. The molecule has 1 aliphatic rings. The monoisotopic (exact) mass is 348 g/mol. The molecule has 1 fully saturated rings. The van der Waals surface area contributed by atoms with Gasteiger partial charge >= 0.3 is 0 Å². The van der Waals surface area contributed by atoms with Gasteiger partial charge in [-0.05, 0) is 30.3 Å². The summed E-state index contributed by atoms with van der Waals surface area (Å²) >= 11 is 0. The number of benzene rings is 2. The summed E-state index contributed by atoms with van der Waals surface area (Å²) in [4.78, 5) is 28.4. The van der Waals surface area contributed by atoms with Crippen LogP contribution in [-0.2, 0) is 9.59 Å². The van der Waals surface area contributed by atoms with E-state index in [1.807, 2.05) is 24.3 Å². The summed E-state index contributed by atoms with van der Waals surface area (Å²) in [7, 11) is 0. The first-order valence-electron chi connectivity index (χ1n) is 8.53. The standard InChI is InChI=1S/C20H20N4O2/c21-15-16-5-4-6-17(13-16)22-19(25)14-20(26)24-11-9-23(10-12-24)18-7-2-1-3-8-18/h1-8,13H,9-12,14H2,(H,22,25). The molecular formula is C20H20N4O2. The summed E-state index contributed by atoms with van der Waals surface area (Å²) in [5.41, 5.74) is 2.14. The first-order valence-corrected chi connectivity index (χ1v) is 8.53. The second-order valence-electron chi connectivity index (χ2n) is 6.12. The first kappa shape index (κ1) is 17.5. The topological polar surface area (TPSA) is 76.4 Å². The molecule has 26 heavy (non-hydrogen) atoms. The molecule has 2 aromatic carbocycles. The van der Waals surface area contributed by atoms with Crippen molar-refractivity contribution in [3.63, 3.8) is 0 Å². The fourth-order valence-corrected chi connectivity index (χ4v) is 2.97. The van der Waals surface area contributed by atoms with Gasteiger partial charge in [-0.15, -0.1) is 0 Å². The van der Waals surface area contributed by atoms with Crippen molar-refractivity contribution in [2.75, 3.05) is 36.4 Å². The van der Waals surface area contributed by atoms with Crippen molar-refractivity contribution in [1.82, 2.24) is 4.90 Å². The molecule has 0 aromatic heterocycles. The SMILES string of the molecule is N#Cc1cccc(NC(=O)CC(=O)N2CCN(c3ccccc3)CC2)c1. The Kier molecular flexibility index (Phi) is 5.49. The van der Waals surface area contributed by atoms with Crippen molar-refractivity contribution < 1.29 is 9.59 Å². The molecular weight excluding hydrogens is 328 g/mol. The van der Waals surface area contributed by atoms with Gasteiger partial charge in [0, 0.05) is 37.6 Å². The Morgan fingerprint density at radius 3 is 2.42 bits per heavy atom. The lowest BCUT2D eigenvalue weighted by Gasteiger charge is -2.36. The molecule has 0 aliphatic carbocycles. The quantitative estimate of drug-likeness (QED) is 0.860. The number of nitrogens with one attached hydrogen (secondary N) is 1. The molecule has 6 nitrogen and oxygen atoms in total. The maximum Gasteiger partial charge on any atom is 0.233 e. The van der Waals surface area contributed by atoms with Crippen LogP contribution in [0, 0.1) is 11.3 Å². The van der Waals surface area contributed by atoms with E-state index in [2.05, 4.69) is 22.3 Å². The number of rotatable bonds is 4. The first-order chi connectivity index (χ1) is 12.7. The molecule has 3 rings (SSSR count). The maximum absolute atomic E-state index is 12.4. The van der Waals surface area contributed by atoms with Gasteiger partial charge in [-0.2, -0.15) is 5.26 Å². The third-order valence-electron chi connectivity index (χ3n) is 4.34. The number of para-hydroxylation sites is 1. The van der Waals surface area contributed by atoms with E-state index in [0.717, 1.165) is 18.8 Å². The molecule has 1 N–H and O–H groups in total. The molecule has 132 valence electrons. The summed E-state index contributed by atoms with van der Waals surface area (Å²) in [6.07, 6.45) is -0.192. The molecule has 1 saturated heterocycles. The van der Waals surface area contributed by atoms with Gasteiger partial charge in [0.05, 0.1) is 11.6 Å². The van der Waals surface area contributed by atoms with Crippen LogP contribution in [0.15, 0.2) is 54.6 Å². The number of amides is 2. The van der Waals surface area contributed by atoms with Crippen LogP contribution >= 0.6 is 0 Å². The summed E-state index contributed by atoms with van der Waals surface area (Å²) in [6, 6.07) is 18.7. The molecule has 0 radical (unpaired) electrons. The Labute approximate surface area is 152 Å². The van der Waals surface area contributed by atoms with Crippen LogP contribution in [0.25, 0.3) is 0 Å². The molecule has 0 unspecified atom stereocenters. The number of nitriles is 1. The molecule has 0 saturated carbocycles. The summed E-state index contributed by atoms with van der Waals surface area (Å²) in [5, 5.41) is 11.6. The Hall–Kier alpha value is -3.33. The predicted octanol–water partition coefficient (Wildman–Crippen LogP) is 2.24. The number of hydrogen-bond acceptors (Lipinski definition) is 4. The molecule has 0 atom stereocenters. The molecule has 6 heteroatoms. The van der Waals surface area contributed by atoms with Crippen LogP contribution < -0.4 is 10.2 Å². The molecule has 0 bridgehead atoms. The van der Waals surface area contributed by atoms with E-state index in [0.29, 0.717) is 24.3 Å². The lowest BCUT2D eigenvalue weighted by atomic mass is 10.2. The zero-order valence-electron chi connectivity index (χ0n) is 14.4. The van der Waals surface area contributed by atoms with Gasteiger partial charge in [-0.25, -0.2) is 0 Å². The summed E-state index contributed by atoms with van der Waals surface area (Å²) < 4.78 is 0. The fraction of sp³-hybridized carbons (Fsp3) is 0.250. The van der Waals surface area contributed by atoms with E-state index in [1.165, 1.54) is 0 Å². The number of carbonyl (C=O) groups is 2. The highest BCUT2D eigenvalue weighted by molar-refractivity contribution is 6.03. The van der Waals surface area contributed by atoms with Gasteiger partial charge in [0.25, 0.3) is 0 Å². The lowest BCUT2D eigenvalue weighted by molar-refractivity contribution is -0.134. The van der Waals surface area contributed by atoms with E-state index in [9.17, 15) is 9.59 Å². The maximum atomic E-state index is 12.4. The van der Waals surface area contributed by atoms with Crippen molar-refractivity contribution in [1.29, 1.82) is 5.26 Å². The van der Waals surface area contributed by atoms with E-state index < -0.39 is 0 Å². The Morgan fingerprint density at radius 2 is 1.73 bits per heavy atom. The number of carbonyl (C=O) groups excluding carboxylic acids is 2. The van der Waals surface area contributed by atoms with Crippen molar-refractivity contribution in [3.8, 4) is 6.07 Å². The highest BCUT2D eigenvalue weighted by Crippen LogP contribution is 2.16. The van der Waals surface area contributed by atoms with Crippen molar-refractivity contribution in [2.45, 2.75) is 6.42 Å². The smallest absolute Gasteiger partial charge is 0.233 e. The van der Waals surface area contributed by atoms with E-state index >= 15 is 0 Å². The lowest BCUT2D eigenvalue weighted by Crippen LogP contribution is -2.49. The minimum atomic E-state index is -0.365. The molecule has 0 spiro atoms. The van der Waals surface area contributed by atoms with Crippen LogP contribution in [-0.4, -0.2) is 42.9 Å². The minimum Gasteiger partial charge on any atom is -0.368 e. The number of anilines is 2. The van der Waals surface area contributed by atoms with Gasteiger partial charge < -0.3 is 15.1 Å². The second-order valence-corrected chi connectivity index (χ2v) is 6.12. The number of hydrogen-bond donors (Lipinski definition) is 1. The van der Waals surface area contributed by atoms with Crippen molar-refractivity contribution in [3.05, 3.63) is 60.2 Å². The van der Waals surface area contributed by atoms with E-state index in [4.69, 9.17) is 5.26 Å².